The highest BCUT2D eigenvalue weighted by Crippen LogP contribution is 2.34. The quantitative estimate of drug-likeness (QED) is 0.867. The number of hydrogen-bond acceptors (Lipinski definition) is 3. The van der Waals surface area contributed by atoms with Crippen molar-refractivity contribution in [1.82, 2.24) is 5.32 Å². The summed E-state index contributed by atoms with van der Waals surface area (Å²) in [6, 6.07) is 8.54. The van der Waals surface area contributed by atoms with Crippen LogP contribution in [0, 0.1) is 5.92 Å². The zero-order chi connectivity index (χ0) is 12.4. The predicted molar refractivity (Wildman–Crippen MR) is 71.2 cm³/mol. The molecule has 1 heterocycles. The third-order valence-electron chi connectivity index (χ3n) is 3.81. The van der Waals surface area contributed by atoms with Crippen LogP contribution >= 0.6 is 0 Å². The van der Waals surface area contributed by atoms with E-state index in [1.807, 2.05) is 24.3 Å². The molecule has 2 aliphatic rings. The van der Waals surface area contributed by atoms with Gasteiger partial charge in [-0.2, -0.15) is 0 Å². The van der Waals surface area contributed by atoms with Crippen LogP contribution in [0.5, 0.6) is 11.5 Å². The maximum Gasteiger partial charge on any atom is 0.161 e. The zero-order valence-electron chi connectivity index (χ0n) is 10.9. The molecule has 0 aromatic heterocycles. The van der Waals surface area contributed by atoms with Crippen molar-refractivity contribution in [2.45, 2.75) is 38.3 Å². The van der Waals surface area contributed by atoms with Gasteiger partial charge >= 0.3 is 0 Å². The van der Waals surface area contributed by atoms with Gasteiger partial charge in [0.15, 0.2) is 11.5 Å². The second-order valence-electron chi connectivity index (χ2n) is 5.26. The Kier molecular flexibility index (Phi) is 3.41. The standard InChI is InChI=1S/C15H21NO2/c1-2-13(11-7-8-11)16-9-12-10-17-14-5-3-4-6-15(14)18-12/h3-6,11-13,16H,2,7-10H2,1H3. The van der Waals surface area contributed by atoms with Crippen molar-refractivity contribution in [3.05, 3.63) is 24.3 Å². The SMILES string of the molecule is CCC(NCC1COc2ccccc2O1)C1CC1. The molecule has 3 nitrogen and oxygen atoms in total. The van der Waals surface area contributed by atoms with E-state index < -0.39 is 0 Å². The van der Waals surface area contributed by atoms with Crippen molar-refractivity contribution in [2.24, 2.45) is 5.92 Å². The Morgan fingerprint density at radius 2 is 2.06 bits per heavy atom. The van der Waals surface area contributed by atoms with Gasteiger partial charge in [0, 0.05) is 12.6 Å². The molecule has 0 amide bonds. The molecule has 1 saturated carbocycles. The van der Waals surface area contributed by atoms with E-state index in [0.717, 1.165) is 24.0 Å². The highest BCUT2D eigenvalue weighted by atomic mass is 16.6. The lowest BCUT2D eigenvalue weighted by Gasteiger charge is -2.28. The molecule has 1 aromatic carbocycles. The van der Waals surface area contributed by atoms with Gasteiger partial charge in [-0.15, -0.1) is 0 Å². The lowest BCUT2D eigenvalue weighted by Crippen LogP contribution is -2.43. The van der Waals surface area contributed by atoms with Crippen molar-refractivity contribution in [3.63, 3.8) is 0 Å². The first-order chi connectivity index (χ1) is 8.86. The number of ether oxygens (including phenoxy) is 2. The third-order valence-corrected chi connectivity index (χ3v) is 3.81. The van der Waals surface area contributed by atoms with Crippen LogP contribution in [0.25, 0.3) is 0 Å². The minimum absolute atomic E-state index is 0.132. The van der Waals surface area contributed by atoms with Crippen LogP contribution in [0.4, 0.5) is 0 Å². The van der Waals surface area contributed by atoms with E-state index in [4.69, 9.17) is 9.47 Å². The lowest BCUT2D eigenvalue weighted by atomic mass is 10.1. The maximum atomic E-state index is 5.94. The summed E-state index contributed by atoms with van der Waals surface area (Å²) < 4.78 is 11.7. The molecule has 0 bridgehead atoms. The van der Waals surface area contributed by atoms with Gasteiger partial charge in [0.1, 0.15) is 12.7 Å². The fourth-order valence-corrected chi connectivity index (χ4v) is 2.59. The van der Waals surface area contributed by atoms with Crippen molar-refractivity contribution >= 4 is 0 Å². The molecule has 1 aliphatic carbocycles. The maximum absolute atomic E-state index is 5.94. The Morgan fingerprint density at radius 3 is 2.78 bits per heavy atom. The fourth-order valence-electron chi connectivity index (χ4n) is 2.59. The highest BCUT2D eigenvalue weighted by Gasteiger charge is 2.30. The van der Waals surface area contributed by atoms with Gasteiger partial charge in [-0.05, 0) is 37.3 Å². The summed E-state index contributed by atoms with van der Waals surface area (Å²) in [4.78, 5) is 0. The summed E-state index contributed by atoms with van der Waals surface area (Å²) in [7, 11) is 0. The van der Waals surface area contributed by atoms with Crippen molar-refractivity contribution in [2.75, 3.05) is 13.2 Å². The molecule has 3 heteroatoms. The summed E-state index contributed by atoms with van der Waals surface area (Å²) >= 11 is 0. The number of rotatable bonds is 5. The normalized spacial score (nSPS) is 23.7. The largest absolute Gasteiger partial charge is 0.486 e. The first-order valence-corrected chi connectivity index (χ1v) is 6.98. The minimum atomic E-state index is 0.132. The van der Waals surface area contributed by atoms with Crippen LogP contribution in [0.3, 0.4) is 0 Å². The number of fused-ring (bicyclic) bond motifs is 1. The van der Waals surface area contributed by atoms with Crippen LogP contribution in [-0.2, 0) is 0 Å². The van der Waals surface area contributed by atoms with Gasteiger partial charge < -0.3 is 14.8 Å². The Labute approximate surface area is 108 Å². The predicted octanol–water partition coefficient (Wildman–Crippen LogP) is 2.60. The molecule has 1 fully saturated rings. The Hall–Kier alpha value is -1.22. The number of nitrogens with one attached hydrogen (secondary N) is 1. The van der Waals surface area contributed by atoms with Gasteiger partial charge in [0.2, 0.25) is 0 Å². The summed E-state index contributed by atoms with van der Waals surface area (Å²) in [5.41, 5.74) is 0. The molecule has 0 saturated heterocycles. The number of para-hydroxylation sites is 2. The van der Waals surface area contributed by atoms with Crippen LogP contribution in [0.2, 0.25) is 0 Å². The van der Waals surface area contributed by atoms with Crippen molar-refractivity contribution in [3.8, 4) is 11.5 Å². The van der Waals surface area contributed by atoms with E-state index in [9.17, 15) is 0 Å². The van der Waals surface area contributed by atoms with E-state index in [0.29, 0.717) is 12.6 Å². The molecule has 2 unspecified atom stereocenters. The Balaban J connectivity index is 1.53. The van der Waals surface area contributed by atoms with Gasteiger partial charge in [-0.25, -0.2) is 0 Å². The molecule has 0 radical (unpaired) electrons. The Morgan fingerprint density at radius 1 is 1.28 bits per heavy atom. The molecular weight excluding hydrogens is 226 g/mol. The van der Waals surface area contributed by atoms with E-state index in [1.54, 1.807) is 0 Å². The van der Waals surface area contributed by atoms with Crippen molar-refractivity contribution in [1.29, 1.82) is 0 Å². The smallest absolute Gasteiger partial charge is 0.161 e. The van der Waals surface area contributed by atoms with E-state index in [2.05, 4.69) is 12.2 Å². The summed E-state index contributed by atoms with van der Waals surface area (Å²) in [5.74, 6) is 2.63. The van der Waals surface area contributed by atoms with E-state index in [-0.39, 0.29) is 6.10 Å². The summed E-state index contributed by atoms with van der Waals surface area (Å²) in [5, 5.41) is 3.63. The zero-order valence-corrected chi connectivity index (χ0v) is 10.9. The van der Waals surface area contributed by atoms with Crippen LogP contribution in [0.15, 0.2) is 24.3 Å². The number of benzene rings is 1. The fraction of sp³-hybridized carbons (Fsp3) is 0.600. The molecule has 3 rings (SSSR count). The molecule has 1 N–H and O–H groups in total. The van der Waals surface area contributed by atoms with Crippen LogP contribution in [-0.4, -0.2) is 25.3 Å². The molecular formula is C15H21NO2. The molecule has 1 aliphatic heterocycles. The van der Waals surface area contributed by atoms with E-state index in [1.165, 1.54) is 19.3 Å². The number of hydrogen-bond donors (Lipinski definition) is 1. The summed E-state index contributed by atoms with van der Waals surface area (Å²) in [6.07, 6.45) is 4.11. The first kappa shape index (κ1) is 11.8. The molecule has 98 valence electrons. The molecule has 1 aromatic rings. The van der Waals surface area contributed by atoms with Crippen LogP contribution < -0.4 is 14.8 Å². The van der Waals surface area contributed by atoms with E-state index >= 15 is 0 Å². The first-order valence-electron chi connectivity index (χ1n) is 6.98. The highest BCUT2D eigenvalue weighted by molar-refractivity contribution is 5.40. The second kappa shape index (κ2) is 5.19. The topological polar surface area (TPSA) is 30.5 Å². The lowest BCUT2D eigenvalue weighted by molar-refractivity contribution is 0.0873. The Bertz CT molecular complexity index is 403. The molecule has 0 spiro atoms. The van der Waals surface area contributed by atoms with Gasteiger partial charge in [0.05, 0.1) is 0 Å². The van der Waals surface area contributed by atoms with Crippen molar-refractivity contribution < 1.29 is 9.47 Å². The second-order valence-corrected chi connectivity index (χ2v) is 5.26. The van der Waals surface area contributed by atoms with Gasteiger partial charge in [-0.3, -0.25) is 0 Å². The third kappa shape index (κ3) is 2.61. The average molecular weight is 247 g/mol. The minimum Gasteiger partial charge on any atom is -0.486 e. The van der Waals surface area contributed by atoms with Gasteiger partial charge in [-0.1, -0.05) is 19.1 Å². The molecule has 18 heavy (non-hydrogen) atoms. The monoisotopic (exact) mass is 247 g/mol. The molecule has 2 atom stereocenters. The summed E-state index contributed by atoms with van der Waals surface area (Å²) in [6.45, 7) is 3.78. The van der Waals surface area contributed by atoms with Crippen LogP contribution in [0.1, 0.15) is 26.2 Å². The van der Waals surface area contributed by atoms with Gasteiger partial charge in [0.25, 0.3) is 0 Å². The average Bonchev–Trinajstić information content (AvgIpc) is 3.24.